The second-order valence-electron chi connectivity index (χ2n) is 6.10. The second kappa shape index (κ2) is 6.94. The van der Waals surface area contributed by atoms with Gasteiger partial charge in [0.05, 0.1) is 0 Å². The van der Waals surface area contributed by atoms with Crippen LogP contribution in [0.4, 0.5) is 5.69 Å². The second-order valence-corrected chi connectivity index (χ2v) is 6.10. The summed E-state index contributed by atoms with van der Waals surface area (Å²) in [6.45, 7) is 3.14. The van der Waals surface area contributed by atoms with Crippen molar-refractivity contribution in [3.63, 3.8) is 0 Å². The largest absolute Gasteiger partial charge is 0.508 e. The molecule has 0 bridgehead atoms. The highest BCUT2D eigenvalue weighted by Gasteiger charge is 2.34. The van der Waals surface area contributed by atoms with Crippen LogP contribution < -0.4 is 10.6 Å². The maximum atomic E-state index is 12.7. The van der Waals surface area contributed by atoms with Gasteiger partial charge >= 0.3 is 0 Å². The number of carbonyl (C=O) groups is 1. The summed E-state index contributed by atoms with van der Waals surface area (Å²) in [6, 6.07) is 6.87. The number of anilines is 1. The fourth-order valence-corrected chi connectivity index (χ4v) is 3.33. The van der Waals surface area contributed by atoms with Crippen LogP contribution in [0.25, 0.3) is 0 Å². The molecular weight excluding hydrogens is 264 g/mol. The summed E-state index contributed by atoms with van der Waals surface area (Å²) in [5.41, 5.74) is 6.71. The van der Waals surface area contributed by atoms with Gasteiger partial charge in [-0.15, -0.1) is 0 Å². The number of rotatable bonds is 5. The highest BCUT2D eigenvalue weighted by atomic mass is 16.3. The summed E-state index contributed by atoms with van der Waals surface area (Å²) in [4.78, 5) is 14.4. The molecule has 0 unspecified atom stereocenters. The van der Waals surface area contributed by atoms with Gasteiger partial charge in [-0.2, -0.15) is 0 Å². The van der Waals surface area contributed by atoms with Gasteiger partial charge in [0.1, 0.15) is 5.75 Å². The fraction of sp³-hybridized carbons (Fsp3) is 0.588. The Kier molecular flexibility index (Phi) is 5.23. The van der Waals surface area contributed by atoms with Gasteiger partial charge in [0.15, 0.2) is 0 Å². The molecule has 0 atom stereocenters. The lowest BCUT2D eigenvalue weighted by atomic mass is 9.71. The molecule has 1 aliphatic carbocycles. The van der Waals surface area contributed by atoms with Crippen molar-refractivity contribution in [3.8, 4) is 5.75 Å². The van der Waals surface area contributed by atoms with Crippen LogP contribution in [0.5, 0.6) is 5.75 Å². The molecule has 0 aromatic heterocycles. The van der Waals surface area contributed by atoms with Gasteiger partial charge in [0, 0.05) is 24.7 Å². The first-order valence-corrected chi connectivity index (χ1v) is 7.90. The Morgan fingerprint density at radius 1 is 1.33 bits per heavy atom. The average Bonchev–Trinajstić information content (AvgIpc) is 2.49. The molecule has 4 heteroatoms. The van der Waals surface area contributed by atoms with Crippen molar-refractivity contribution in [2.75, 3.05) is 18.0 Å². The zero-order chi connectivity index (χ0) is 15.3. The van der Waals surface area contributed by atoms with Crippen LogP contribution in [0.1, 0.15) is 45.4 Å². The van der Waals surface area contributed by atoms with Crippen molar-refractivity contribution in [1.82, 2.24) is 0 Å². The van der Waals surface area contributed by atoms with Crippen molar-refractivity contribution in [2.24, 2.45) is 11.1 Å². The lowest BCUT2D eigenvalue weighted by Gasteiger charge is -2.37. The van der Waals surface area contributed by atoms with Gasteiger partial charge in [-0.25, -0.2) is 0 Å². The quantitative estimate of drug-likeness (QED) is 0.876. The zero-order valence-electron chi connectivity index (χ0n) is 12.8. The monoisotopic (exact) mass is 290 g/mol. The molecule has 4 nitrogen and oxygen atoms in total. The Bertz CT molecular complexity index is 481. The molecule has 1 aromatic rings. The number of nitrogens with two attached hydrogens (primary N) is 1. The highest BCUT2D eigenvalue weighted by Crippen LogP contribution is 2.39. The van der Waals surface area contributed by atoms with Crippen molar-refractivity contribution < 1.29 is 9.90 Å². The number of phenols is 1. The molecule has 116 valence electrons. The number of carbonyl (C=O) groups excluding carboxylic acids is 1. The van der Waals surface area contributed by atoms with E-state index in [0.717, 1.165) is 18.5 Å². The third kappa shape index (κ3) is 3.76. The first-order valence-electron chi connectivity index (χ1n) is 7.90. The molecule has 1 fully saturated rings. The third-order valence-electron chi connectivity index (χ3n) is 4.63. The van der Waals surface area contributed by atoms with Crippen molar-refractivity contribution in [3.05, 3.63) is 24.3 Å². The molecular formula is C17H26N2O2. The van der Waals surface area contributed by atoms with Gasteiger partial charge in [0.25, 0.3) is 0 Å². The number of benzene rings is 1. The molecule has 2 rings (SSSR count). The van der Waals surface area contributed by atoms with E-state index in [1.807, 2.05) is 13.0 Å². The van der Waals surface area contributed by atoms with E-state index < -0.39 is 0 Å². The Morgan fingerprint density at radius 2 is 2.05 bits per heavy atom. The number of nitrogens with zero attached hydrogens (tertiary/aromatic N) is 1. The van der Waals surface area contributed by atoms with Crippen molar-refractivity contribution in [1.29, 1.82) is 0 Å². The van der Waals surface area contributed by atoms with E-state index >= 15 is 0 Å². The Balaban J connectivity index is 2.12. The Labute approximate surface area is 126 Å². The number of phenolic OH excluding ortho intramolecular Hbond substituents is 1. The van der Waals surface area contributed by atoms with Gasteiger partial charge in [-0.1, -0.05) is 25.3 Å². The topological polar surface area (TPSA) is 66.6 Å². The van der Waals surface area contributed by atoms with E-state index in [1.165, 1.54) is 19.3 Å². The molecule has 0 radical (unpaired) electrons. The van der Waals surface area contributed by atoms with Crippen LogP contribution in [0, 0.1) is 5.41 Å². The molecule has 1 saturated carbocycles. The van der Waals surface area contributed by atoms with Crippen LogP contribution in [0.15, 0.2) is 24.3 Å². The highest BCUT2D eigenvalue weighted by molar-refractivity contribution is 5.93. The van der Waals surface area contributed by atoms with E-state index in [0.29, 0.717) is 19.5 Å². The van der Waals surface area contributed by atoms with E-state index in [1.54, 1.807) is 23.1 Å². The van der Waals surface area contributed by atoms with Gasteiger partial charge in [-0.05, 0) is 43.9 Å². The molecule has 1 aromatic carbocycles. The number of hydrogen-bond donors (Lipinski definition) is 2. The van der Waals surface area contributed by atoms with Crippen LogP contribution in [0.2, 0.25) is 0 Å². The normalized spacial score (nSPS) is 17.4. The minimum Gasteiger partial charge on any atom is -0.508 e. The van der Waals surface area contributed by atoms with Crippen molar-refractivity contribution in [2.45, 2.75) is 45.4 Å². The fourth-order valence-electron chi connectivity index (χ4n) is 3.33. The van der Waals surface area contributed by atoms with E-state index in [9.17, 15) is 9.90 Å². The molecule has 0 spiro atoms. The summed E-state index contributed by atoms with van der Waals surface area (Å²) in [5, 5.41) is 9.60. The summed E-state index contributed by atoms with van der Waals surface area (Å²) in [6.07, 6.45) is 6.19. The zero-order valence-corrected chi connectivity index (χ0v) is 12.8. The molecule has 21 heavy (non-hydrogen) atoms. The van der Waals surface area contributed by atoms with Crippen LogP contribution >= 0.6 is 0 Å². The molecule has 3 N–H and O–H groups in total. The molecule has 0 aliphatic heterocycles. The van der Waals surface area contributed by atoms with Crippen LogP contribution in [-0.2, 0) is 4.79 Å². The van der Waals surface area contributed by atoms with E-state index in [-0.39, 0.29) is 17.1 Å². The van der Waals surface area contributed by atoms with E-state index in [4.69, 9.17) is 5.73 Å². The predicted molar refractivity (Wildman–Crippen MR) is 85.3 cm³/mol. The standard InChI is InChI=1S/C17H26N2O2/c1-2-19(14-7-6-8-15(20)11-14)16(21)12-17(13-18)9-4-3-5-10-17/h6-8,11,20H,2-5,9-10,12-13,18H2,1H3. The Hall–Kier alpha value is -1.55. The molecule has 0 heterocycles. The first kappa shape index (κ1) is 15.8. The van der Waals surface area contributed by atoms with Gasteiger partial charge in [-0.3, -0.25) is 4.79 Å². The Morgan fingerprint density at radius 3 is 2.62 bits per heavy atom. The molecule has 1 aliphatic rings. The SMILES string of the molecule is CCN(C(=O)CC1(CN)CCCCC1)c1cccc(O)c1. The lowest BCUT2D eigenvalue weighted by molar-refractivity contribution is -0.121. The average molecular weight is 290 g/mol. The number of hydrogen-bond acceptors (Lipinski definition) is 3. The summed E-state index contributed by atoms with van der Waals surface area (Å²) in [7, 11) is 0. The smallest absolute Gasteiger partial charge is 0.227 e. The maximum absolute atomic E-state index is 12.7. The molecule has 0 saturated heterocycles. The minimum absolute atomic E-state index is 0.0282. The predicted octanol–water partition coefficient (Wildman–Crippen LogP) is 3.04. The lowest BCUT2D eigenvalue weighted by Crippen LogP contribution is -2.40. The van der Waals surface area contributed by atoms with Gasteiger partial charge < -0.3 is 15.7 Å². The van der Waals surface area contributed by atoms with Crippen LogP contribution in [-0.4, -0.2) is 24.1 Å². The summed E-state index contributed by atoms with van der Waals surface area (Å²) < 4.78 is 0. The maximum Gasteiger partial charge on any atom is 0.227 e. The van der Waals surface area contributed by atoms with Crippen molar-refractivity contribution >= 4 is 11.6 Å². The molecule has 1 amide bonds. The van der Waals surface area contributed by atoms with Gasteiger partial charge in [0.2, 0.25) is 5.91 Å². The number of amides is 1. The third-order valence-corrected chi connectivity index (χ3v) is 4.63. The summed E-state index contributed by atoms with van der Waals surface area (Å²) in [5.74, 6) is 0.292. The first-order chi connectivity index (χ1) is 10.1. The van der Waals surface area contributed by atoms with Crippen LogP contribution in [0.3, 0.4) is 0 Å². The number of aromatic hydroxyl groups is 1. The van der Waals surface area contributed by atoms with E-state index in [2.05, 4.69) is 0 Å². The minimum atomic E-state index is -0.0282. The summed E-state index contributed by atoms with van der Waals surface area (Å²) >= 11 is 0.